The topological polar surface area (TPSA) is 32.9 Å². The van der Waals surface area contributed by atoms with Crippen LogP contribution in [0.4, 0.5) is 22.0 Å². The van der Waals surface area contributed by atoms with Crippen LogP contribution >= 0.6 is 0 Å². The molecule has 0 amide bonds. The van der Waals surface area contributed by atoms with Gasteiger partial charge in [0.2, 0.25) is 0 Å². The summed E-state index contributed by atoms with van der Waals surface area (Å²) >= 11 is 0. The summed E-state index contributed by atoms with van der Waals surface area (Å²) in [6.07, 6.45) is -8.41. The fraction of sp³-hybridized carbons (Fsp3) is 0.375. The van der Waals surface area contributed by atoms with Crippen molar-refractivity contribution in [1.82, 2.24) is 4.98 Å². The molecule has 1 N–H and O–H groups in total. The van der Waals surface area contributed by atoms with Crippen LogP contribution in [0.3, 0.4) is 0 Å². The molecule has 0 aliphatic carbocycles. The first-order valence-corrected chi connectivity index (χ1v) is 3.82. The average molecular weight is 227 g/mol. The largest absolute Gasteiger partial charge is 0.417 e. The zero-order valence-corrected chi connectivity index (χ0v) is 7.45. The molecule has 1 aromatic rings. The molecule has 84 valence electrons. The smallest absolute Gasteiger partial charge is 0.326 e. The third-order valence-electron chi connectivity index (χ3n) is 1.73. The molecule has 0 aromatic carbocycles. The van der Waals surface area contributed by atoms with Crippen molar-refractivity contribution >= 4 is 0 Å². The lowest BCUT2D eigenvalue weighted by Crippen LogP contribution is -2.22. The zero-order valence-electron chi connectivity index (χ0n) is 7.45. The van der Waals surface area contributed by atoms with Crippen LogP contribution in [0.2, 0.25) is 0 Å². The summed E-state index contributed by atoms with van der Waals surface area (Å²) in [6, 6.07) is 0.489. The number of nitrogens with one attached hydrogen (secondary N) is 1. The van der Waals surface area contributed by atoms with E-state index in [4.69, 9.17) is 0 Å². The number of aryl methyl sites for hydroxylation is 1. The molecule has 0 bridgehead atoms. The van der Waals surface area contributed by atoms with Gasteiger partial charge >= 0.3 is 6.18 Å². The number of hydrogen-bond donors (Lipinski definition) is 1. The van der Waals surface area contributed by atoms with Gasteiger partial charge < -0.3 is 4.98 Å². The molecule has 0 spiro atoms. The molecule has 1 rings (SSSR count). The summed E-state index contributed by atoms with van der Waals surface area (Å²) in [5.74, 6) is 0. The van der Waals surface area contributed by atoms with E-state index in [1.54, 1.807) is 0 Å². The van der Waals surface area contributed by atoms with E-state index in [0.717, 1.165) is 0 Å². The first-order valence-electron chi connectivity index (χ1n) is 3.82. The zero-order chi connectivity index (χ0) is 11.8. The van der Waals surface area contributed by atoms with Gasteiger partial charge in [-0.25, -0.2) is 8.78 Å². The number of halogens is 5. The second-order valence-corrected chi connectivity index (χ2v) is 2.91. The minimum atomic E-state index is -4.95. The fourth-order valence-electron chi connectivity index (χ4n) is 1.15. The summed E-state index contributed by atoms with van der Waals surface area (Å²) in [6.45, 7) is 1.19. The van der Waals surface area contributed by atoms with Gasteiger partial charge in [0, 0.05) is 5.69 Å². The SMILES string of the molecule is Cc1cc(C(F)(F)F)c(C(F)F)c(=O)[nH]1. The highest BCUT2D eigenvalue weighted by Gasteiger charge is 2.37. The molecule has 15 heavy (non-hydrogen) atoms. The van der Waals surface area contributed by atoms with Crippen LogP contribution in [-0.4, -0.2) is 4.98 Å². The van der Waals surface area contributed by atoms with E-state index in [2.05, 4.69) is 0 Å². The van der Waals surface area contributed by atoms with Crippen LogP contribution in [0.15, 0.2) is 10.9 Å². The molecule has 1 heterocycles. The van der Waals surface area contributed by atoms with Crippen LogP contribution in [0.1, 0.15) is 23.2 Å². The second kappa shape index (κ2) is 3.63. The number of aromatic amines is 1. The minimum Gasteiger partial charge on any atom is -0.326 e. The molecule has 0 fully saturated rings. The van der Waals surface area contributed by atoms with Gasteiger partial charge in [-0.15, -0.1) is 0 Å². The molecule has 0 unspecified atom stereocenters. The van der Waals surface area contributed by atoms with E-state index in [-0.39, 0.29) is 5.69 Å². The third-order valence-corrected chi connectivity index (χ3v) is 1.73. The highest BCUT2D eigenvalue weighted by molar-refractivity contribution is 5.30. The Morgan fingerprint density at radius 2 is 1.87 bits per heavy atom. The number of pyridine rings is 1. The molecule has 0 saturated heterocycles. The standard InChI is InChI=1S/C8H6F5NO/c1-3-2-4(8(11,12)13)5(6(9)10)7(15)14-3/h2,6H,1H3,(H,14,15). The van der Waals surface area contributed by atoms with Crippen LogP contribution in [0.5, 0.6) is 0 Å². The molecular weight excluding hydrogens is 221 g/mol. The summed E-state index contributed by atoms with van der Waals surface area (Å²) in [5.41, 5.74) is -4.64. The van der Waals surface area contributed by atoms with E-state index in [0.29, 0.717) is 6.07 Å². The Bertz CT molecular complexity index is 420. The molecule has 0 radical (unpaired) electrons. The van der Waals surface area contributed by atoms with Crippen molar-refractivity contribution in [3.05, 3.63) is 33.2 Å². The van der Waals surface area contributed by atoms with Crippen LogP contribution in [0.25, 0.3) is 0 Å². The lowest BCUT2D eigenvalue weighted by atomic mass is 10.1. The monoisotopic (exact) mass is 227 g/mol. The average Bonchev–Trinajstić information content (AvgIpc) is 1.99. The Hall–Kier alpha value is -1.40. The number of rotatable bonds is 1. The normalized spacial score (nSPS) is 12.2. The lowest BCUT2D eigenvalue weighted by Gasteiger charge is -2.11. The maximum Gasteiger partial charge on any atom is 0.417 e. The van der Waals surface area contributed by atoms with Crippen molar-refractivity contribution < 1.29 is 22.0 Å². The van der Waals surface area contributed by atoms with E-state index in [1.165, 1.54) is 6.92 Å². The van der Waals surface area contributed by atoms with Crippen molar-refractivity contribution in [2.45, 2.75) is 19.5 Å². The highest BCUT2D eigenvalue weighted by atomic mass is 19.4. The Morgan fingerprint density at radius 1 is 1.33 bits per heavy atom. The van der Waals surface area contributed by atoms with Crippen molar-refractivity contribution in [2.24, 2.45) is 0 Å². The summed E-state index contributed by atoms with van der Waals surface area (Å²) in [7, 11) is 0. The van der Waals surface area contributed by atoms with Gasteiger partial charge in [-0.1, -0.05) is 0 Å². The van der Waals surface area contributed by atoms with E-state index in [9.17, 15) is 26.7 Å². The number of aromatic nitrogens is 1. The highest BCUT2D eigenvalue weighted by Crippen LogP contribution is 2.34. The summed E-state index contributed by atoms with van der Waals surface area (Å²) < 4.78 is 61.3. The van der Waals surface area contributed by atoms with Gasteiger partial charge in [-0.05, 0) is 13.0 Å². The van der Waals surface area contributed by atoms with Gasteiger partial charge in [-0.2, -0.15) is 13.2 Å². The Balaban J connectivity index is 3.55. The first-order chi connectivity index (χ1) is 6.73. The van der Waals surface area contributed by atoms with E-state index >= 15 is 0 Å². The Labute approximate surface area is 80.7 Å². The fourth-order valence-corrected chi connectivity index (χ4v) is 1.15. The molecule has 2 nitrogen and oxygen atoms in total. The van der Waals surface area contributed by atoms with Gasteiger partial charge in [0.15, 0.2) is 0 Å². The number of H-pyrrole nitrogens is 1. The minimum absolute atomic E-state index is 0.114. The van der Waals surface area contributed by atoms with Gasteiger partial charge in [0.1, 0.15) is 0 Å². The third kappa shape index (κ3) is 2.34. The van der Waals surface area contributed by atoms with Crippen LogP contribution in [0, 0.1) is 6.92 Å². The van der Waals surface area contributed by atoms with Crippen LogP contribution in [-0.2, 0) is 6.18 Å². The summed E-state index contributed by atoms with van der Waals surface area (Å²) in [4.78, 5) is 12.8. The molecular formula is C8H6F5NO. The molecule has 7 heteroatoms. The number of alkyl halides is 5. The quantitative estimate of drug-likeness (QED) is 0.735. The van der Waals surface area contributed by atoms with E-state index < -0.39 is 29.3 Å². The van der Waals surface area contributed by atoms with Crippen molar-refractivity contribution in [3.8, 4) is 0 Å². The van der Waals surface area contributed by atoms with Gasteiger partial charge in [0.05, 0.1) is 11.1 Å². The second-order valence-electron chi connectivity index (χ2n) is 2.91. The van der Waals surface area contributed by atoms with Crippen molar-refractivity contribution in [1.29, 1.82) is 0 Å². The van der Waals surface area contributed by atoms with Gasteiger partial charge in [0.25, 0.3) is 12.0 Å². The maximum absolute atomic E-state index is 12.3. The summed E-state index contributed by atoms with van der Waals surface area (Å²) in [5, 5.41) is 0. The van der Waals surface area contributed by atoms with Crippen LogP contribution < -0.4 is 5.56 Å². The molecule has 0 aliphatic heterocycles. The lowest BCUT2D eigenvalue weighted by molar-refractivity contribution is -0.139. The molecule has 0 atom stereocenters. The molecule has 0 saturated carbocycles. The maximum atomic E-state index is 12.3. The molecule has 1 aromatic heterocycles. The molecule has 0 aliphatic rings. The number of hydrogen-bond acceptors (Lipinski definition) is 1. The van der Waals surface area contributed by atoms with E-state index in [1.807, 2.05) is 4.98 Å². The predicted octanol–water partition coefficient (Wildman–Crippen LogP) is 2.64. The van der Waals surface area contributed by atoms with Gasteiger partial charge in [-0.3, -0.25) is 4.79 Å². The predicted molar refractivity (Wildman–Crippen MR) is 41.8 cm³/mol. The van der Waals surface area contributed by atoms with Crippen molar-refractivity contribution in [3.63, 3.8) is 0 Å². The Morgan fingerprint density at radius 3 is 2.27 bits per heavy atom. The Kier molecular flexibility index (Phi) is 2.83. The first kappa shape index (κ1) is 11.7. The van der Waals surface area contributed by atoms with Crippen molar-refractivity contribution in [2.75, 3.05) is 0 Å².